The standard InChI is InChI=1S/C85H146O17P2/c1-5-9-13-17-21-25-29-33-36-39-42-46-49-53-57-61-65-69-82(87)95-75-80(101-84(89)71-67-63-59-55-51-45-32-28-24-20-16-12-8-4)77-99-103(91,92)97-73-79(86)74-98-104(93,94)100-78-81(102-85(90)72-68-64-60-56-52-48-44-41-38-35-31-27-23-19-15-11-7-3)76-96-83(88)70-66-62-58-54-50-47-43-40-37-34-30-26-22-18-14-10-6-2/h9-11,13-15,21-23,25-28,32-38,79-81,86H,5-8,12,16-20,24,29-31,39-78H2,1-4H3,(H,91,92)(H,93,94)/b13-9-,14-10-,15-11-,25-21-,26-22-,27-23-,32-28-,36-33-,37-34-,38-35-. The van der Waals surface area contributed by atoms with Crippen LogP contribution in [0.15, 0.2) is 122 Å². The molecule has 104 heavy (non-hydrogen) atoms. The summed E-state index contributed by atoms with van der Waals surface area (Å²) < 4.78 is 68.7. The van der Waals surface area contributed by atoms with Gasteiger partial charge in [-0.15, -0.1) is 0 Å². The normalized spacial score (nSPS) is 14.5. The molecule has 0 aromatic carbocycles. The molecule has 0 saturated heterocycles. The van der Waals surface area contributed by atoms with Crippen LogP contribution in [0.1, 0.15) is 336 Å². The van der Waals surface area contributed by atoms with Gasteiger partial charge in [-0.2, -0.15) is 0 Å². The average molecular weight is 1500 g/mol. The van der Waals surface area contributed by atoms with Gasteiger partial charge in [-0.3, -0.25) is 37.3 Å². The van der Waals surface area contributed by atoms with E-state index in [1.165, 1.54) is 25.7 Å². The molecule has 0 saturated carbocycles. The molecule has 0 aromatic rings. The van der Waals surface area contributed by atoms with E-state index in [2.05, 4.69) is 149 Å². The number of allylic oxidation sites excluding steroid dienone is 20. The lowest BCUT2D eigenvalue weighted by molar-refractivity contribution is -0.161. The van der Waals surface area contributed by atoms with Gasteiger partial charge in [0.1, 0.15) is 19.3 Å². The molecule has 5 unspecified atom stereocenters. The fraction of sp³-hybridized carbons (Fsp3) is 0.718. The number of unbranched alkanes of at least 4 members (excludes halogenated alkanes) is 30. The third-order valence-corrected chi connectivity index (χ3v) is 18.8. The number of esters is 4. The summed E-state index contributed by atoms with van der Waals surface area (Å²) in [7, 11) is -9.97. The number of carbonyl (C=O) groups excluding carboxylic acids is 4. The van der Waals surface area contributed by atoms with E-state index < -0.39 is 97.5 Å². The number of hydrogen-bond donors (Lipinski definition) is 3. The van der Waals surface area contributed by atoms with Crippen molar-refractivity contribution in [1.29, 1.82) is 0 Å². The minimum absolute atomic E-state index is 0.0797. The number of phosphoric ester groups is 2. The number of carbonyl (C=O) groups is 4. The Hall–Kier alpha value is -4.54. The molecule has 0 heterocycles. The monoisotopic (exact) mass is 1500 g/mol. The zero-order chi connectivity index (χ0) is 76.0. The lowest BCUT2D eigenvalue weighted by Gasteiger charge is -2.21. The molecule has 5 atom stereocenters. The van der Waals surface area contributed by atoms with Gasteiger partial charge in [-0.25, -0.2) is 9.13 Å². The average Bonchev–Trinajstić information content (AvgIpc) is 0.910. The highest BCUT2D eigenvalue weighted by molar-refractivity contribution is 7.47. The highest BCUT2D eigenvalue weighted by Crippen LogP contribution is 2.45. The molecule has 0 aliphatic heterocycles. The molecule has 19 heteroatoms. The van der Waals surface area contributed by atoms with Gasteiger partial charge in [0, 0.05) is 25.7 Å². The van der Waals surface area contributed by atoms with Crippen LogP contribution in [0.4, 0.5) is 0 Å². The van der Waals surface area contributed by atoms with E-state index >= 15 is 0 Å². The molecule has 0 fully saturated rings. The SMILES string of the molecule is CC/C=C\C/C=C\C/C=C\CCCCCCCCCC(=O)OCC(COP(=O)(O)OCC(O)COP(=O)(O)OCC(COC(=O)CCCCCCCCC/C=C\C/C=C\C/C=C\CC)OC(=O)CCCCCCCCC/C=C\C/C=C\C/C=C\CC)OC(=O)CCCCCCC/C=C\CCCCCC. The Morgan fingerprint density at radius 1 is 0.279 bits per heavy atom. The van der Waals surface area contributed by atoms with Crippen LogP contribution in [0.2, 0.25) is 0 Å². The second-order valence-electron chi connectivity index (χ2n) is 26.9. The Kier molecular flexibility index (Phi) is 73.3. The lowest BCUT2D eigenvalue weighted by atomic mass is 10.1. The van der Waals surface area contributed by atoms with Gasteiger partial charge >= 0.3 is 39.5 Å². The first-order valence-electron chi connectivity index (χ1n) is 40.8. The molecule has 0 spiro atoms. The minimum Gasteiger partial charge on any atom is -0.462 e. The Bertz CT molecular complexity index is 2440. The molecule has 0 amide bonds. The van der Waals surface area contributed by atoms with Crippen LogP contribution in [-0.4, -0.2) is 96.7 Å². The summed E-state index contributed by atoms with van der Waals surface area (Å²) in [6.45, 7) is 4.52. The fourth-order valence-electron chi connectivity index (χ4n) is 10.8. The van der Waals surface area contributed by atoms with Gasteiger partial charge in [0.05, 0.1) is 26.4 Å². The van der Waals surface area contributed by atoms with Crippen LogP contribution < -0.4 is 0 Å². The van der Waals surface area contributed by atoms with Crippen LogP contribution in [-0.2, 0) is 65.4 Å². The molecule has 0 radical (unpaired) electrons. The number of hydrogen-bond acceptors (Lipinski definition) is 15. The summed E-state index contributed by atoms with van der Waals surface area (Å²) in [5.74, 6) is -2.20. The quantitative estimate of drug-likeness (QED) is 0.0169. The third kappa shape index (κ3) is 75.7. The van der Waals surface area contributed by atoms with E-state index in [1.54, 1.807) is 0 Å². The number of rotatable bonds is 76. The Morgan fingerprint density at radius 2 is 0.500 bits per heavy atom. The summed E-state index contributed by atoms with van der Waals surface area (Å²) in [6, 6.07) is 0. The van der Waals surface area contributed by atoms with Crippen LogP contribution in [0.25, 0.3) is 0 Å². The summed E-state index contributed by atoms with van der Waals surface area (Å²) in [5, 5.41) is 10.7. The van der Waals surface area contributed by atoms with Crippen LogP contribution in [0.5, 0.6) is 0 Å². The van der Waals surface area contributed by atoms with Crippen molar-refractivity contribution in [3.05, 3.63) is 122 Å². The molecule has 598 valence electrons. The molecule has 0 aliphatic rings. The van der Waals surface area contributed by atoms with Crippen molar-refractivity contribution in [2.24, 2.45) is 0 Å². The van der Waals surface area contributed by atoms with Crippen molar-refractivity contribution < 1.29 is 80.2 Å². The second kappa shape index (κ2) is 76.6. The van der Waals surface area contributed by atoms with E-state index in [0.29, 0.717) is 25.7 Å². The highest BCUT2D eigenvalue weighted by atomic mass is 31.2. The zero-order valence-corrected chi connectivity index (χ0v) is 67.2. The van der Waals surface area contributed by atoms with Crippen molar-refractivity contribution in [2.45, 2.75) is 354 Å². The summed E-state index contributed by atoms with van der Waals surface area (Å²) in [4.78, 5) is 73.1. The predicted molar refractivity (Wildman–Crippen MR) is 427 cm³/mol. The van der Waals surface area contributed by atoms with E-state index in [-0.39, 0.29) is 25.7 Å². The number of aliphatic hydroxyl groups excluding tert-OH is 1. The molecular weight excluding hydrogens is 1350 g/mol. The van der Waals surface area contributed by atoms with Crippen molar-refractivity contribution in [3.63, 3.8) is 0 Å². The first kappa shape index (κ1) is 99.5. The third-order valence-electron chi connectivity index (χ3n) is 16.9. The summed E-state index contributed by atoms with van der Waals surface area (Å²) in [6.07, 6.45) is 84.5. The van der Waals surface area contributed by atoms with Crippen LogP contribution in [0.3, 0.4) is 0 Å². The highest BCUT2D eigenvalue weighted by Gasteiger charge is 2.30. The van der Waals surface area contributed by atoms with Crippen LogP contribution >= 0.6 is 15.6 Å². The van der Waals surface area contributed by atoms with E-state index in [4.69, 9.17) is 37.0 Å². The van der Waals surface area contributed by atoms with Crippen molar-refractivity contribution in [2.75, 3.05) is 39.6 Å². The smallest absolute Gasteiger partial charge is 0.462 e. The van der Waals surface area contributed by atoms with Gasteiger partial charge in [0.2, 0.25) is 0 Å². The molecule has 0 aromatic heterocycles. The van der Waals surface area contributed by atoms with E-state index in [9.17, 15) is 43.2 Å². The molecular formula is C85H146O17P2. The Morgan fingerprint density at radius 3 is 0.779 bits per heavy atom. The molecule has 0 bridgehead atoms. The maximum absolute atomic E-state index is 13.1. The Labute approximate surface area is 632 Å². The number of aliphatic hydroxyl groups is 1. The second-order valence-corrected chi connectivity index (χ2v) is 29.8. The summed E-state index contributed by atoms with van der Waals surface area (Å²) >= 11 is 0. The molecule has 0 rings (SSSR count). The number of ether oxygens (including phenoxy) is 4. The molecule has 17 nitrogen and oxygen atoms in total. The van der Waals surface area contributed by atoms with Crippen molar-refractivity contribution >= 4 is 39.5 Å². The number of phosphoric acid groups is 2. The maximum atomic E-state index is 13.1. The van der Waals surface area contributed by atoms with Crippen molar-refractivity contribution in [1.82, 2.24) is 0 Å². The largest absolute Gasteiger partial charge is 0.472 e. The van der Waals surface area contributed by atoms with Gasteiger partial charge in [-0.1, -0.05) is 284 Å². The zero-order valence-electron chi connectivity index (χ0n) is 65.4. The van der Waals surface area contributed by atoms with E-state index in [0.717, 1.165) is 231 Å². The lowest BCUT2D eigenvalue weighted by Crippen LogP contribution is -2.30. The first-order valence-corrected chi connectivity index (χ1v) is 43.8. The topological polar surface area (TPSA) is 237 Å². The fourth-order valence-corrected chi connectivity index (χ4v) is 12.4. The van der Waals surface area contributed by atoms with Gasteiger partial charge in [0.15, 0.2) is 12.2 Å². The Balaban J connectivity index is 5.37. The van der Waals surface area contributed by atoms with E-state index in [1.807, 2.05) is 0 Å². The van der Waals surface area contributed by atoms with Crippen molar-refractivity contribution in [3.8, 4) is 0 Å². The molecule has 0 aliphatic carbocycles. The van der Waals surface area contributed by atoms with Gasteiger partial charge < -0.3 is 33.8 Å². The summed E-state index contributed by atoms with van der Waals surface area (Å²) in [5.41, 5.74) is 0. The van der Waals surface area contributed by atoms with Gasteiger partial charge in [-0.05, 0) is 148 Å². The predicted octanol–water partition coefficient (Wildman–Crippen LogP) is 23.9. The van der Waals surface area contributed by atoms with Crippen LogP contribution in [0, 0.1) is 0 Å². The molecule has 3 N–H and O–H groups in total. The van der Waals surface area contributed by atoms with Gasteiger partial charge in [0.25, 0.3) is 0 Å². The minimum atomic E-state index is -4.99. The first-order chi connectivity index (χ1) is 50.7. The maximum Gasteiger partial charge on any atom is 0.472 e.